The molecule has 4 heteroatoms. The number of carbonyl (C=O) groups is 1. The highest BCUT2D eigenvalue weighted by Crippen LogP contribution is 2.39. The van der Waals surface area contributed by atoms with Crippen molar-refractivity contribution in [2.75, 3.05) is 20.1 Å². The zero-order chi connectivity index (χ0) is 13.0. The van der Waals surface area contributed by atoms with E-state index in [0.717, 1.165) is 13.1 Å². The summed E-state index contributed by atoms with van der Waals surface area (Å²) in [6.07, 6.45) is 4.28. The molecule has 0 saturated heterocycles. The van der Waals surface area contributed by atoms with Gasteiger partial charge in [0.2, 0.25) is 5.91 Å². The molecule has 1 fully saturated rings. The lowest BCUT2D eigenvalue weighted by molar-refractivity contribution is -0.121. The van der Waals surface area contributed by atoms with Gasteiger partial charge in [-0.2, -0.15) is 0 Å². The Labute approximate surface area is 113 Å². The van der Waals surface area contributed by atoms with Gasteiger partial charge >= 0.3 is 0 Å². The molecule has 0 spiro atoms. The maximum absolute atomic E-state index is 11.9. The Kier molecular flexibility index (Phi) is 4.40. The molecular weight excluding hydrogens is 244 g/mol. The van der Waals surface area contributed by atoms with Gasteiger partial charge in [0, 0.05) is 23.4 Å². The Morgan fingerprint density at radius 3 is 2.72 bits per heavy atom. The molecule has 1 saturated carbocycles. The quantitative estimate of drug-likeness (QED) is 0.828. The van der Waals surface area contributed by atoms with E-state index in [1.165, 1.54) is 29.7 Å². The Balaban J connectivity index is 1.79. The second-order valence-corrected chi connectivity index (χ2v) is 6.36. The molecule has 3 nitrogen and oxygen atoms in total. The summed E-state index contributed by atoms with van der Waals surface area (Å²) < 4.78 is 0. The van der Waals surface area contributed by atoms with Gasteiger partial charge in [0.1, 0.15) is 0 Å². The van der Waals surface area contributed by atoms with E-state index in [2.05, 4.69) is 23.6 Å². The van der Waals surface area contributed by atoms with Crippen molar-refractivity contribution in [3.05, 3.63) is 21.9 Å². The fourth-order valence-electron chi connectivity index (χ4n) is 2.55. The predicted molar refractivity (Wildman–Crippen MR) is 76.0 cm³/mol. The summed E-state index contributed by atoms with van der Waals surface area (Å²) in [5, 5.41) is 8.39. The van der Waals surface area contributed by atoms with Crippen molar-refractivity contribution in [2.24, 2.45) is 5.41 Å². The Morgan fingerprint density at radius 2 is 2.22 bits per heavy atom. The summed E-state index contributed by atoms with van der Waals surface area (Å²) >= 11 is 1.67. The van der Waals surface area contributed by atoms with Crippen LogP contribution in [-0.2, 0) is 11.2 Å². The third kappa shape index (κ3) is 3.12. The van der Waals surface area contributed by atoms with E-state index in [0.29, 0.717) is 11.8 Å². The topological polar surface area (TPSA) is 41.1 Å². The van der Waals surface area contributed by atoms with E-state index >= 15 is 0 Å². The summed E-state index contributed by atoms with van der Waals surface area (Å²) in [6, 6.07) is 2.07. The lowest BCUT2D eigenvalue weighted by atomic mass is 9.68. The van der Waals surface area contributed by atoms with Gasteiger partial charge in [-0.05, 0) is 43.8 Å². The van der Waals surface area contributed by atoms with Crippen molar-refractivity contribution in [2.45, 2.75) is 32.6 Å². The number of thiophene rings is 1. The third-order valence-electron chi connectivity index (χ3n) is 3.92. The molecule has 0 aliphatic heterocycles. The van der Waals surface area contributed by atoms with Crippen LogP contribution in [0.3, 0.4) is 0 Å². The number of hydrogen-bond acceptors (Lipinski definition) is 3. The molecule has 0 atom stereocenters. The van der Waals surface area contributed by atoms with Gasteiger partial charge in [0.05, 0.1) is 6.42 Å². The first kappa shape index (κ1) is 13.6. The second-order valence-electron chi connectivity index (χ2n) is 5.36. The van der Waals surface area contributed by atoms with Crippen molar-refractivity contribution in [1.29, 1.82) is 0 Å². The van der Waals surface area contributed by atoms with Crippen molar-refractivity contribution in [3.8, 4) is 0 Å². The Hall–Kier alpha value is -0.870. The lowest BCUT2D eigenvalue weighted by Gasteiger charge is -2.42. The molecule has 18 heavy (non-hydrogen) atoms. The van der Waals surface area contributed by atoms with Gasteiger partial charge in [-0.3, -0.25) is 4.79 Å². The molecule has 1 amide bonds. The summed E-state index contributed by atoms with van der Waals surface area (Å²) in [5.74, 6) is 0.155. The highest BCUT2D eigenvalue weighted by molar-refractivity contribution is 7.10. The van der Waals surface area contributed by atoms with Gasteiger partial charge in [-0.25, -0.2) is 0 Å². The highest BCUT2D eigenvalue weighted by atomic mass is 32.1. The van der Waals surface area contributed by atoms with Crippen LogP contribution in [0.4, 0.5) is 0 Å². The van der Waals surface area contributed by atoms with E-state index in [-0.39, 0.29) is 5.91 Å². The summed E-state index contributed by atoms with van der Waals surface area (Å²) in [5.41, 5.74) is 1.54. The second kappa shape index (κ2) is 5.85. The number of nitrogens with one attached hydrogen (secondary N) is 2. The van der Waals surface area contributed by atoms with E-state index in [1.807, 2.05) is 12.4 Å². The zero-order valence-electron chi connectivity index (χ0n) is 11.2. The molecule has 2 N–H and O–H groups in total. The van der Waals surface area contributed by atoms with Crippen LogP contribution >= 0.6 is 11.3 Å². The number of amides is 1. The van der Waals surface area contributed by atoms with Crippen molar-refractivity contribution in [3.63, 3.8) is 0 Å². The van der Waals surface area contributed by atoms with Gasteiger partial charge < -0.3 is 10.6 Å². The number of carbonyl (C=O) groups excluding carboxylic acids is 1. The molecule has 100 valence electrons. The first-order valence-corrected chi connectivity index (χ1v) is 7.47. The monoisotopic (exact) mass is 266 g/mol. The molecule has 1 aliphatic rings. The summed E-state index contributed by atoms with van der Waals surface area (Å²) in [7, 11) is 1.98. The molecule has 1 heterocycles. The largest absolute Gasteiger partial charge is 0.355 e. The standard InChI is InChI=1S/C14H22N2OS/c1-11-4-7-18-12(11)8-13(17)16-10-14(9-15-2)5-3-6-14/h4,7,15H,3,5-6,8-10H2,1-2H3,(H,16,17). The van der Waals surface area contributed by atoms with Crippen LogP contribution < -0.4 is 10.6 Å². The predicted octanol–water partition coefficient (Wildman–Crippen LogP) is 2.10. The number of aryl methyl sites for hydroxylation is 1. The van der Waals surface area contributed by atoms with Gasteiger partial charge in [-0.1, -0.05) is 6.42 Å². The van der Waals surface area contributed by atoms with Crippen LogP contribution in [0.5, 0.6) is 0 Å². The molecule has 1 aromatic heterocycles. The van der Waals surface area contributed by atoms with Crippen molar-refractivity contribution >= 4 is 17.2 Å². The van der Waals surface area contributed by atoms with Crippen LogP contribution in [-0.4, -0.2) is 26.0 Å². The number of hydrogen-bond donors (Lipinski definition) is 2. The smallest absolute Gasteiger partial charge is 0.225 e. The third-order valence-corrected chi connectivity index (χ3v) is 4.94. The van der Waals surface area contributed by atoms with Crippen LogP contribution in [0, 0.1) is 12.3 Å². The molecule has 0 unspecified atom stereocenters. The van der Waals surface area contributed by atoms with Gasteiger partial charge in [0.15, 0.2) is 0 Å². The van der Waals surface area contributed by atoms with E-state index in [1.54, 1.807) is 11.3 Å². The van der Waals surface area contributed by atoms with Gasteiger partial charge in [-0.15, -0.1) is 11.3 Å². The normalized spacial score (nSPS) is 17.2. The zero-order valence-corrected chi connectivity index (χ0v) is 12.0. The molecule has 2 rings (SSSR count). The highest BCUT2D eigenvalue weighted by Gasteiger charge is 2.36. The van der Waals surface area contributed by atoms with E-state index in [9.17, 15) is 4.79 Å². The van der Waals surface area contributed by atoms with Crippen LogP contribution in [0.1, 0.15) is 29.7 Å². The first-order chi connectivity index (χ1) is 8.65. The minimum atomic E-state index is 0.155. The van der Waals surface area contributed by atoms with E-state index < -0.39 is 0 Å². The molecular formula is C14H22N2OS. The molecule has 1 aromatic rings. The minimum Gasteiger partial charge on any atom is -0.355 e. The minimum absolute atomic E-state index is 0.155. The maximum atomic E-state index is 11.9. The summed E-state index contributed by atoms with van der Waals surface area (Å²) in [6.45, 7) is 3.88. The number of rotatable bonds is 6. The first-order valence-electron chi connectivity index (χ1n) is 6.59. The fraction of sp³-hybridized carbons (Fsp3) is 0.643. The van der Waals surface area contributed by atoms with Crippen LogP contribution in [0.25, 0.3) is 0 Å². The SMILES string of the molecule is CNCC1(CNC(=O)Cc2sccc2C)CCC1. The van der Waals surface area contributed by atoms with Crippen molar-refractivity contribution in [1.82, 2.24) is 10.6 Å². The maximum Gasteiger partial charge on any atom is 0.225 e. The van der Waals surface area contributed by atoms with Gasteiger partial charge in [0.25, 0.3) is 0 Å². The Bertz CT molecular complexity index is 410. The Morgan fingerprint density at radius 1 is 1.44 bits per heavy atom. The fourth-order valence-corrected chi connectivity index (χ4v) is 3.45. The van der Waals surface area contributed by atoms with Crippen molar-refractivity contribution < 1.29 is 4.79 Å². The lowest BCUT2D eigenvalue weighted by Crippen LogP contribution is -2.47. The molecule has 0 aromatic carbocycles. The van der Waals surface area contributed by atoms with Crippen LogP contribution in [0.2, 0.25) is 0 Å². The average Bonchev–Trinajstić information content (AvgIpc) is 2.68. The van der Waals surface area contributed by atoms with Crippen LogP contribution in [0.15, 0.2) is 11.4 Å². The summed E-state index contributed by atoms with van der Waals surface area (Å²) in [4.78, 5) is 13.1. The molecule has 1 aliphatic carbocycles. The average molecular weight is 266 g/mol. The molecule has 0 bridgehead atoms. The molecule has 0 radical (unpaired) electrons. The van der Waals surface area contributed by atoms with E-state index in [4.69, 9.17) is 0 Å².